The van der Waals surface area contributed by atoms with Crippen LogP contribution in [0.3, 0.4) is 0 Å². The van der Waals surface area contributed by atoms with Crippen molar-refractivity contribution in [1.82, 2.24) is 9.97 Å². The number of hydrogen-bond acceptors (Lipinski definition) is 4. The molecule has 1 heterocycles. The van der Waals surface area contributed by atoms with Gasteiger partial charge in [0.15, 0.2) is 0 Å². The number of nitrogens with zero attached hydrogens (tertiary/aromatic N) is 3. The third kappa shape index (κ3) is 4.87. The number of halogens is 1. The fraction of sp³-hybridized carbons (Fsp3) is 0.227. The van der Waals surface area contributed by atoms with E-state index < -0.39 is 0 Å². The van der Waals surface area contributed by atoms with Crippen LogP contribution in [0.1, 0.15) is 34.2 Å². The second-order valence-corrected chi connectivity index (χ2v) is 7.02. The molecule has 0 atom stereocenters. The van der Waals surface area contributed by atoms with E-state index in [-0.39, 0.29) is 5.91 Å². The van der Waals surface area contributed by atoms with Gasteiger partial charge >= 0.3 is 0 Å². The normalized spacial score (nSPS) is 10.6. The van der Waals surface area contributed by atoms with Gasteiger partial charge in [0, 0.05) is 29.5 Å². The maximum absolute atomic E-state index is 13.1. The van der Waals surface area contributed by atoms with Gasteiger partial charge in [0.1, 0.15) is 5.69 Å². The molecule has 3 rings (SSSR count). The monoisotopic (exact) mass is 394 g/mol. The first-order chi connectivity index (χ1) is 13.5. The number of benzene rings is 2. The Balaban J connectivity index is 1.81. The number of rotatable bonds is 6. The van der Waals surface area contributed by atoms with Crippen molar-refractivity contribution in [1.29, 1.82) is 0 Å². The van der Waals surface area contributed by atoms with E-state index in [1.54, 1.807) is 11.0 Å². The number of carbonyl (C=O) groups excluding carboxylic acids is 1. The lowest BCUT2D eigenvalue weighted by Gasteiger charge is -2.21. The molecule has 28 heavy (non-hydrogen) atoms. The Bertz CT molecular complexity index is 973. The minimum absolute atomic E-state index is 0.145. The Hall–Kier alpha value is -2.92. The number of aryl methyl sites for hydroxylation is 2. The number of amides is 1. The van der Waals surface area contributed by atoms with Gasteiger partial charge in [0.25, 0.3) is 5.91 Å². The summed E-state index contributed by atoms with van der Waals surface area (Å²) in [5.74, 6) is 0.284. The fourth-order valence-electron chi connectivity index (χ4n) is 2.92. The highest BCUT2D eigenvalue weighted by atomic mass is 35.5. The number of aromatic nitrogens is 2. The molecule has 1 aromatic heterocycles. The summed E-state index contributed by atoms with van der Waals surface area (Å²) in [5, 5.41) is 3.88. The molecule has 0 saturated heterocycles. The summed E-state index contributed by atoms with van der Waals surface area (Å²) >= 11 is 5.92. The summed E-state index contributed by atoms with van der Waals surface area (Å²) in [6.07, 6.45) is 0. The van der Waals surface area contributed by atoms with Gasteiger partial charge in [-0.1, -0.05) is 35.9 Å². The van der Waals surface area contributed by atoms with Gasteiger partial charge < -0.3 is 10.2 Å². The molecule has 0 fully saturated rings. The van der Waals surface area contributed by atoms with Crippen molar-refractivity contribution in [3.05, 3.63) is 82.1 Å². The van der Waals surface area contributed by atoms with Crippen LogP contribution in [0.4, 0.5) is 11.6 Å². The highest BCUT2D eigenvalue weighted by Gasteiger charge is 2.19. The molecule has 1 amide bonds. The average Bonchev–Trinajstić information content (AvgIpc) is 2.68. The summed E-state index contributed by atoms with van der Waals surface area (Å²) < 4.78 is 0. The predicted molar refractivity (Wildman–Crippen MR) is 114 cm³/mol. The minimum Gasteiger partial charge on any atom is -0.350 e. The quantitative estimate of drug-likeness (QED) is 0.637. The minimum atomic E-state index is -0.145. The third-order valence-corrected chi connectivity index (χ3v) is 4.56. The molecule has 0 aliphatic rings. The van der Waals surface area contributed by atoms with Crippen LogP contribution in [0.15, 0.2) is 54.6 Å². The van der Waals surface area contributed by atoms with E-state index in [1.807, 2.05) is 69.3 Å². The van der Waals surface area contributed by atoms with Crippen molar-refractivity contribution in [3.8, 4) is 0 Å². The first-order valence-electron chi connectivity index (χ1n) is 9.19. The van der Waals surface area contributed by atoms with Crippen molar-refractivity contribution in [2.45, 2.75) is 27.3 Å². The van der Waals surface area contributed by atoms with Gasteiger partial charge in [0.2, 0.25) is 5.95 Å². The largest absolute Gasteiger partial charge is 0.350 e. The summed E-state index contributed by atoms with van der Waals surface area (Å²) in [7, 11) is 0. The van der Waals surface area contributed by atoms with E-state index in [2.05, 4.69) is 15.3 Å². The van der Waals surface area contributed by atoms with E-state index >= 15 is 0 Å². The topological polar surface area (TPSA) is 58.1 Å². The summed E-state index contributed by atoms with van der Waals surface area (Å²) in [4.78, 5) is 23.7. The second-order valence-electron chi connectivity index (χ2n) is 6.59. The van der Waals surface area contributed by atoms with Crippen LogP contribution in [0.25, 0.3) is 0 Å². The zero-order chi connectivity index (χ0) is 20.1. The molecule has 0 bridgehead atoms. The highest BCUT2D eigenvalue weighted by Crippen LogP contribution is 2.19. The predicted octanol–water partition coefficient (Wildman–Crippen LogP) is 5.03. The molecule has 0 spiro atoms. The molecule has 2 aromatic carbocycles. The van der Waals surface area contributed by atoms with Crippen LogP contribution in [-0.4, -0.2) is 22.4 Å². The molecular formula is C22H23ClN4O. The second kappa shape index (κ2) is 8.85. The van der Waals surface area contributed by atoms with Crippen LogP contribution in [-0.2, 0) is 6.54 Å². The average molecular weight is 395 g/mol. The van der Waals surface area contributed by atoms with Crippen LogP contribution in [0, 0.1) is 13.8 Å². The Kier molecular flexibility index (Phi) is 6.26. The van der Waals surface area contributed by atoms with Crippen molar-refractivity contribution in [2.75, 3.05) is 16.8 Å². The molecule has 5 nitrogen and oxygen atoms in total. The fourth-order valence-corrected chi connectivity index (χ4v) is 3.04. The van der Waals surface area contributed by atoms with E-state index in [4.69, 9.17) is 11.6 Å². The lowest BCUT2D eigenvalue weighted by Crippen LogP contribution is -2.31. The molecule has 0 aliphatic heterocycles. The van der Waals surface area contributed by atoms with Crippen molar-refractivity contribution in [3.63, 3.8) is 0 Å². The van der Waals surface area contributed by atoms with Gasteiger partial charge in [0.05, 0.1) is 0 Å². The zero-order valence-corrected chi connectivity index (χ0v) is 17.0. The van der Waals surface area contributed by atoms with Crippen LogP contribution in [0.5, 0.6) is 0 Å². The SMILES string of the molecule is CCN(C(=O)c1cc(C)nc(NCc2ccc(Cl)cc2)n1)c1cccc(C)c1. The smallest absolute Gasteiger partial charge is 0.277 e. The first kappa shape index (κ1) is 19.8. The summed E-state index contributed by atoms with van der Waals surface area (Å²) in [5.41, 5.74) is 4.12. The van der Waals surface area contributed by atoms with Gasteiger partial charge in [-0.05, 0) is 62.2 Å². The van der Waals surface area contributed by atoms with Gasteiger partial charge in [-0.2, -0.15) is 0 Å². The lowest BCUT2D eigenvalue weighted by atomic mass is 10.2. The van der Waals surface area contributed by atoms with Gasteiger partial charge in [-0.15, -0.1) is 0 Å². The highest BCUT2D eigenvalue weighted by molar-refractivity contribution is 6.30. The molecule has 144 valence electrons. The Morgan fingerprint density at radius 1 is 1.07 bits per heavy atom. The lowest BCUT2D eigenvalue weighted by molar-refractivity contribution is 0.0983. The Labute approximate surface area is 170 Å². The number of anilines is 2. The number of hydrogen-bond donors (Lipinski definition) is 1. The molecule has 0 radical (unpaired) electrons. The summed E-state index contributed by atoms with van der Waals surface area (Å²) in [6, 6.07) is 17.2. The molecule has 0 saturated carbocycles. The molecule has 1 N–H and O–H groups in total. The first-order valence-corrected chi connectivity index (χ1v) is 9.56. The zero-order valence-electron chi connectivity index (χ0n) is 16.2. The van der Waals surface area contributed by atoms with Crippen LogP contribution < -0.4 is 10.2 Å². The van der Waals surface area contributed by atoms with Crippen molar-refractivity contribution >= 4 is 29.1 Å². The van der Waals surface area contributed by atoms with Gasteiger partial charge in [-0.25, -0.2) is 9.97 Å². The Morgan fingerprint density at radius 2 is 1.82 bits per heavy atom. The van der Waals surface area contributed by atoms with E-state index in [9.17, 15) is 4.79 Å². The third-order valence-electron chi connectivity index (χ3n) is 4.31. The standard InChI is InChI=1S/C22H23ClN4O/c1-4-27(19-7-5-6-15(2)12-19)21(28)20-13-16(3)25-22(26-20)24-14-17-8-10-18(23)11-9-17/h5-13H,4,14H2,1-3H3,(H,24,25,26). The van der Waals surface area contributed by atoms with E-state index in [0.717, 1.165) is 22.5 Å². The maximum Gasteiger partial charge on any atom is 0.277 e. The molecular weight excluding hydrogens is 372 g/mol. The summed E-state index contributed by atoms with van der Waals surface area (Å²) in [6.45, 7) is 6.92. The van der Waals surface area contributed by atoms with Crippen molar-refractivity contribution < 1.29 is 4.79 Å². The van der Waals surface area contributed by atoms with E-state index in [1.165, 1.54) is 0 Å². The van der Waals surface area contributed by atoms with Crippen molar-refractivity contribution in [2.24, 2.45) is 0 Å². The molecule has 3 aromatic rings. The number of nitrogens with one attached hydrogen (secondary N) is 1. The maximum atomic E-state index is 13.1. The Morgan fingerprint density at radius 3 is 2.50 bits per heavy atom. The van der Waals surface area contributed by atoms with Crippen LogP contribution in [0.2, 0.25) is 5.02 Å². The number of carbonyl (C=O) groups is 1. The molecule has 0 aliphatic carbocycles. The van der Waals surface area contributed by atoms with E-state index in [0.29, 0.717) is 29.8 Å². The molecule has 0 unspecified atom stereocenters. The van der Waals surface area contributed by atoms with Crippen LogP contribution >= 0.6 is 11.6 Å². The van der Waals surface area contributed by atoms with Gasteiger partial charge in [-0.3, -0.25) is 4.79 Å². The molecule has 6 heteroatoms.